The second kappa shape index (κ2) is 8.47. The molecule has 1 aliphatic rings. The van der Waals surface area contributed by atoms with Gasteiger partial charge in [0, 0.05) is 26.2 Å². The highest BCUT2D eigenvalue weighted by molar-refractivity contribution is 5.78. The third-order valence-corrected chi connectivity index (χ3v) is 4.35. The standard InChI is InChI=1S/C20H24N2O4/c1-2-25-18-9-5-6-10-19(18)26-15-20(24)22-13-11-21(12-14-22)16-7-3-4-8-17(16)23/h3-10,23H,2,11-15H2,1H3. The molecule has 2 aromatic rings. The van der Waals surface area contributed by atoms with E-state index in [0.717, 1.165) is 5.69 Å². The lowest BCUT2D eigenvalue weighted by molar-refractivity contribution is -0.133. The Labute approximate surface area is 153 Å². The monoisotopic (exact) mass is 356 g/mol. The first-order valence-corrected chi connectivity index (χ1v) is 8.84. The first kappa shape index (κ1) is 17.9. The van der Waals surface area contributed by atoms with E-state index in [1.807, 2.05) is 37.3 Å². The van der Waals surface area contributed by atoms with Gasteiger partial charge in [0.1, 0.15) is 5.75 Å². The van der Waals surface area contributed by atoms with E-state index in [4.69, 9.17) is 9.47 Å². The Morgan fingerprint density at radius 1 is 0.962 bits per heavy atom. The predicted molar refractivity (Wildman–Crippen MR) is 100 cm³/mol. The molecule has 0 aliphatic carbocycles. The molecule has 6 heteroatoms. The summed E-state index contributed by atoms with van der Waals surface area (Å²) in [6.45, 7) is 5.00. The summed E-state index contributed by atoms with van der Waals surface area (Å²) < 4.78 is 11.2. The van der Waals surface area contributed by atoms with Gasteiger partial charge in [-0.1, -0.05) is 24.3 Å². The van der Waals surface area contributed by atoms with Gasteiger partial charge in [0.15, 0.2) is 18.1 Å². The van der Waals surface area contributed by atoms with Gasteiger partial charge < -0.3 is 24.4 Å². The number of carbonyl (C=O) groups is 1. The molecule has 2 aromatic carbocycles. The van der Waals surface area contributed by atoms with E-state index in [1.165, 1.54) is 0 Å². The summed E-state index contributed by atoms with van der Waals surface area (Å²) in [5, 5.41) is 9.96. The van der Waals surface area contributed by atoms with Gasteiger partial charge in [-0.05, 0) is 31.2 Å². The van der Waals surface area contributed by atoms with Crippen LogP contribution in [0.4, 0.5) is 5.69 Å². The summed E-state index contributed by atoms with van der Waals surface area (Å²) in [6, 6.07) is 14.6. The third kappa shape index (κ3) is 4.20. The summed E-state index contributed by atoms with van der Waals surface area (Å²) in [7, 11) is 0. The molecular weight excluding hydrogens is 332 g/mol. The minimum absolute atomic E-state index is 0.0132. The van der Waals surface area contributed by atoms with Gasteiger partial charge in [-0.25, -0.2) is 0 Å². The lowest BCUT2D eigenvalue weighted by Gasteiger charge is -2.36. The number of rotatable bonds is 6. The number of ether oxygens (including phenoxy) is 2. The summed E-state index contributed by atoms with van der Waals surface area (Å²) in [5.41, 5.74) is 0.807. The van der Waals surface area contributed by atoms with Crippen LogP contribution in [-0.4, -0.2) is 55.3 Å². The Bertz CT molecular complexity index is 742. The Morgan fingerprint density at radius 2 is 1.58 bits per heavy atom. The van der Waals surface area contributed by atoms with E-state index in [0.29, 0.717) is 44.3 Å². The van der Waals surface area contributed by atoms with Crippen molar-refractivity contribution < 1.29 is 19.4 Å². The van der Waals surface area contributed by atoms with Crippen molar-refractivity contribution in [3.8, 4) is 17.2 Å². The number of aromatic hydroxyl groups is 1. The van der Waals surface area contributed by atoms with Crippen LogP contribution in [-0.2, 0) is 4.79 Å². The van der Waals surface area contributed by atoms with Crippen LogP contribution in [0.1, 0.15) is 6.92 Å². The second-order valence-electron chi connectivity index (χ2n) is 6.02. The number of nitrogens with zero attached hydrogens (tertiary/aromatic N) is 2. The fraction of sp³-hybridized carbons (Fsp3) is 0.350. The highest BCUT2D eigenvalue weighted by atomic mass is 16.5. The molecule has 0 saturated carbocycles. The van der Waals surface area contributed by atoms with E-state index in [1.54, 1.807) is 23.1 Å². The molecule has 0 bridgehead atoms. The zero-order valence-electron chi connectivity index (χ0n) is 14.9. The number of hydrogen-bond donors (Lipinski definition) is 1. The number of piperazine rings is 1. The van der Waals surface area contributed by atoms with E-state index in [-0.39, 0.29) is 18.3 Å². The van der Waals surface area contributed by atoms with Gasteiger partial charge in [0.25, 0.3) is 5.91 Å². The van der Waals surface area contributed by atoms with Gasteiger partial charge in [0.2, 0.25) is 0 Å². The summed E-state index contributed by atoms with van der Waals surface area (Å²) >= 11 is 0. The number of phenols is 1. The van der Waals surface area contributed by atoms with Crippen LogP contribution in [0.5, 0.6) is 17.2 Å². The zero-order chi connectivity index (χ0) is 18.4. The van der Waals surface area contributed by atoms with E-state index >= 15 is 0 Å². The van der Waals surface area contributed by atoms with Gasteiger partial charge in [-0.3, -0.25) is 4.79 Å². The Morgan fingerprint density at radius 3 is 2.23 bits per heavy atom. The van der Waals surface area contributed by atoms with Crippen molar-refractivity contribution in [1.82, 2.24) is 4.90 Å². The molecule has 3 rings (SSSR count). The molecule has 0 radical (unpaired) electrons. The number of benzene rings is 2. The second-order valence-corrected chi connectivity index (χ2v) is 6.02. The maximum atomic E-state index is 12.4. The molecule has 138 valence electrons. The zero-order valence-corrected chi connectivity index (χ0v) is 14.9. The summed E-state index contributed by atoms with van der Waals surface area (Å²) in [5.74, 6) is 1.44. The molecule has 1 N–H and O–H groups in total. The van der Waals surface area contributed by atoms with Crippen LogP contribution in [0.3, 0.4) is 0 Å². The SMILES string of the molecule is CCOc1ccccc1OCC(=O)N1CCN(c2ccccc2O)CC1. The van der Waals surface area contributed by atoms with Crippen LogP contribution in [0.25, 0.3) is 0 Å². The highest BCUT2D eigenvalue weighted by Crippen LogP contribution is 2.28. The summed E-state index contributed by atoms with van der Waals surface area (Å²) in [4.78, 5) is 16.3. The Kier molecular flexibility index (Phi) is 5.84. The quantitative estimate of drug-likeness (QED) is 0.862. The van der Waals surface area contributed by atoms with Crippen molar-refractivity contribution in [2.45, 2.75) is 6.92 Å². The van der Waals surface area contributed by atoms with E-state index < -0.39 is 0 Å². The van der Waals surface area contributed by atoms with Crippen molar-refractivity contribution in [2.24, 2.45) is 0 Å². The average Bonchev–Trinajstić information content (AvgIpc) is 2.68. The smallest absolute Gasteiger partial charge is 0.260 e. The van der Waals surface area contributed by atoms with Crippen LogP contribution < -0.4 is 14.4 Å². The van der Waals surface area contributed by atoms with Crippen molar-refractivity contribution in [3.05, 3.63) is 48.5 Å². The van der Waals surface area contributed by atoms with Crippen LogP contribution in [0, 0.1) is 0 Å². The minimum Gasteiger partial charge on any atom is -0.506 e. The van der Waals surface area contributed by atoms with Gasteiger partial charge >= 0.3 is 0 Å². The average molecular weight is 356 g/mol. The molecule has 1 amide bonds. The Balaban J connectivity index is 1.52. The van der Waals surface area contributed by atoms with Crippen molar-refractivity contribution in [3.63, 3.8) is 0 Å². The molecule has 0 unspecified atom stereocenters. The molecule has 1 aliphatic heterocycles. The molecule has 0 spiro atoms. The van der Waals surface area contributed by atoms with Gasteiger partial charge in [0.05, 0.1) is 12.3 Å². The van der Waals surface area contributed by atoms with E-state index in [9.17, 15) is 9.90 Å². The lowest BCUT2D eigenvalue weighted by atomic mass is 10.2. The van der Waals surface area contributed by atoms with Crippen LogP contribution in [0.15, 0.2) is 48.5 Å². The normalized spacial score (nSPS) is 14.2. The number of amides is 1. The van der Waals surface area contributed by atoms with Crippen molar-refractivity contribution >= 4 is 11.6 Å². The predicted octanol–water partition coefficient (Wildman–Crippen LogP) is 2.52. The van der Waals surface area contributed by atoms with Crippen LogP contribution in [0.2, 0.25) is 0 Å². The first-order valence-electron chi connectivity index (χ1n) is 8.84. The van der Waals surface area contributed by atoms with Gasteiger partial charge in [-0.2, -0.15) is 0 Å². The largest absolute Gasteiger partial charge is 0.506 e. The summed E-state index contributed by atoms with van der Waals surface area (Å²) in [6.07, 6.45) is 0. The number of phenolic OH excluding ortho intramolecular Hbond substituents is 1. The molecule has 0 atom stereocenters. The lowest BCUT2D eigenvalue weighted by Crippen LogP contribution is -2.50. The van der Waals surface area contributed by atoms with Crippen molar-refractivity contribution in [1.29, 1.82) is 0 Å². The Hall–Kier alpha value is -2.89. The molecule has 6 nitrogen and oxygen atoms in total. The topological polar surface area (TPSA) is 62.2 Å². The molecule has 26 heavy (non-hydrogen) atoms. The maximum absolute atomic E-state index is 12.4. The first-order chi connectivity index (χ1) is 12.7. The maximum Gasteiger partial charge on any atom is 0.260 e. The fourth-order valence-corrected chi connectivity index (χ4v) is 3.00. The van der Waals surface area contributed by atoms with E-state index in [2.05, 4.69) is 4.90 Å². The number of hydrogen-bond acceptors (Lipinski definition) is 5. The minimum atomic E-state index is -0.0479. The number of carbonyl (C=O) groups excluding carboxylic acids is 1. The van der Waals surface area contributed by atoms with Crippen LogP contribution >= 0.6 is 0 Å². The number of anilines is 1. The molecule has 1 fully saturated rings. The number of para-hydroxylation sites is 4. The van der Waals surface area contributed by atoms with Gasteiger partial charge in [-0.15, -0.1) is 0 Å². The third-order valence-electron chi connectivity index (χ3n) is 4.35. The molecule has 0 aromatic heterocycles. The molecule has 1 heterocycles. The molecular formula is C20H24N2O4. The fourth-order valence-electron chi connectivity index (χ4n) is 3.00. The highest BCUT2D eigenvalue weighted by Gasteiger charge is 2.23. The van der Waals surface area contributed by atoms with Crippen molar-refractivity contribution in [2.75, 3.05) is 44.3 Å². The molecule has 1 saturated heterocycles.